The Hall–Kier alpha value is -2.04. The van der Waals surface area contributed by atoms with Crippen LogP contribution < -0.4 is 15.0 Å². The molecule has 1 N–H and O–H groups in total. The predicted molar refractivity (Wildman–Crippen MR) is 81.5 cm³/mol. The Morgan fingerprint density at radius 3 is 2.48 bits per heavy atom. The molecular formula is C16H22N2O3. The largest absolute Gasteiger partial charge is 0.496 e. The van der Waals surface area contributed by atoms with Gasteiger partial charge in [-0.3, -0.25) is 9.59 Å². The number of piperazine rings is 1. The lowest BCUT2D eigenvalue weighted by Gasteiger charge is -2.41. The lowest BCUT2D eigenvalue weighted by atomic mass is 9.88. The second-order valence-corrected chi connectivity index (χ2v) is 5.38. The molecular weight excluding hydrogens is 268 g/mol. The zero-order valence-electron chi connectivity index (χ0n) is 13.0. The smallest absolute Gasteiger partial charge is 0.253 e. The predicted octanol–water partition coefficient (Wildman–Crippen LogP) is 2.03. The second-order valence-electron chi connectivity index (χ2n) is 5.38. The number of ether oxygens (including phenoxy) is 1. The van der Waals surface area contributed by atoms with Gasteiger partial charge in [0.2, 0.25) is 5.91 Å². The van der Waals surface area contributed by atoms with E-state index in [9.17, 15) is 9.59 Å². The van der Waals surface area contributed by atoms with E-state index >= 15 is 0 Å². The molecule has 0 saturated carbocycles. The monoisotopic (exact) mass is 290 g/mol. The van der Waals surface area contributed by atoms with Gasteiger partial charge in [0.1, 0.15) is 17.8 Å². The van der Waals surface area contributed by atoms with E-state index in [0.717, 1.165) is 17.0 Å². The van der Waals surface area contributed by atoms with Gasteiger partial charge in [-0.1, -0.05) is 13.8 Å². The van der Waals surface area contributed by atoms with Crippen LogP contribution in [0.5, 0.6) is 5.75 Å². The van der Waals surface area contributed by atoms with Crippen molar-refractivity contribution in [1.29, 1.82) is 0 Å². The number of rotatable bonds is 4. The molecule has 1 aromatic rings. The quantitative estimate of drug-likeness (QED) is 0.923. The highest BCUT2D eigenvalue weighted by molar-refractivity contribution is 6.09. The van der Waals surface area contributed by atoms with E-state index in [1.807, 2.05) is 39.0 Å². The summed E-state index contributed by atoms with van der Waals surface area (Å²) >= 11 is 0. The Balaban J connectivity index is 2.40. The maximum atomic E-state index is 12.8. The SMILES string of the molecule is CCC1(CC)NC(=O)CN(c2ccc(OC)c(C)c2)C1=O. The van der Waals surface area contributed by atoms with Crippen molar-refractivity contribution in [3.63, 3.8) is 0 Å². The van der Waals surface area contributed by atoms with E-state index in [1.54, 1.807) is 12.0 Å². The van der Waals surface area contributed by atoms with Crippen molar-refractivity contribution in [2.45, 2.75) is 39.2 Å². The Morgan fingerprint density at radius 2 is 1.95 bits per heavy atom. The first-order valence-corrected chi connectivity index (χ1v) is 7.25. The van der Waals surface area contributed by atoms with Crippen molar-refractivity contribution >= 4 is 17.5 Å². The molecule has 1 saturated heterocycles. The Labute approximate surface area is 125 Å². The van der Waals surface area contributed by atoms with Crippen LogP contribution in [-0.2, 0) is 9.59 Å². The van der Waals surface area contributed by atoms with Gasteiger partial charge in [0.25, 0.3) is 5.91 Å². The fraction of sp³-hybridized carbons (Fsp3) is 0.500. The van der Waals surface area contributed by atoms with E-state index < -0.39 is 5.54 Å². The van der Waals surface area contributed by atoms with Gasteiger partial charge in [0.15, 0.2) is 0 Å². The van der Waals surface area contributed by atoms with Crippen LogP contribution in [0.2, 0.25) is 0 Å². The Kier molecular flexibility index (Phi) is 4.21. The topological polar surface area (TPSA) is 58.6 Å². The molecule has 2 amide bonds. The standard InChI is InChI=1S/C16H22N2O3/c1-5-16(6-2)15(20)18(10-14(19)17-16)12-7-8-13(21-4)11(3)9-12/h7-9H,5-6,10H2,1-4H3,(H,17,19). The molecule has 2 rings (SSSR count). The molecule has 21 heavy (non-hydrogen) atoms. The minimum Gasteiger partial charge on any atom is -0.496 e. The normalized spacial score (nSPS) is 17.6. The van der Waals surface area contributed by atoms with Gasteiger partial charge >= 0.3 is 0 Å². The van der Waals surface area contributed by atoms with Gasteiger partial charge < -0.3 is 15.0 Å². The number of hydrogen-bond acceptors (Lipinski definition) is 3. The van der Waals surface area contributed by atoms with Crippen LogP contribution in [0.4, 0.5) is 5.69 Å². The van der Waals surface area contributed by atoms with Gasteiger partial charge in [0, 0.05) is 5.69 Å². The van der Waals surface area contributed by atoms with Crippen molar-refractivity contribution in [2.24, 2.45) is 0 Å². The Bertz CT molecular complexity index is 565. The molecule has 0 unspecified atom stereocenters. The summed E-state index contributed by atoms with van der Waals surface area (Å²) in [4.78, 5) is 26.4. The molecule has 0 aromatic heterocycles. The van der Waals surface area contributed by atoms with Crippen molar-refractivity contribution < 1.29 is 14.3 Å². The van der Waals surface area contributed by atoms with Gasteiger partial charge in [0.05, 0.1) is 7.11 Å². The zero-order chi connectivity index (χ0) is 15.6. The van der Waals surface area contributed by atoms with Gasteiger partial charge in [-0.2, -0.15) is 0 Å². The summed E-state index contributed by atoms with van der Waals surface area (Å²) in [5.74, 6) is 0.605. The van der Waals surface area contributed by atoms with Crippen LogP contribution in [-0.4, -0.2) is 31.0 Å². The number of aryl methyl sites for hydroxylation is 1. The summed E-state index contributed by atoms with van der Waals surface area (Å²) < 4.78 is 5.24. The number of benzene rings is 1. The number of anilines is 1. The second kappa shape index (κ2) is 5.76. The molecule has 0 aliphatic carbocycles. The molecule has 0 radical (unpaired) electrons. The number of amides is 2. The molecule has 1 heterocycles. The van der Waals surface area contributed by atoms with E-state index in [2.05, 4.69) is 5.32 Å². The zero-order valence-corrected chi connectivity index (χ0v) is 13.0. The summed E-state index contributed by atoms with van der Waals surface area (Å²) in [6.45, 7) is 5.82. The number of carbonyl (C=O) groups excluding carboxylic acids is 2. The van der Waals surface area contributed by atoms with Crippen LogP contribution in [0.15, 0.2) is 18.2 Å². The summed E-state index contributed by atoms with van der Waals surface area (Å²) in [6, 6.07) is 5.52. The third-order valence-corrected chi connectivity index (χ3v) is 4.23. The Morgan fingerprint density at radius 1 is 1.29 bits per heavy atom. The molecule has 1 fully saturated rings. The lowest BCUT2D eigenvalue weighted by molar-refractivity contribution is -0.136. The van der Waals surface area contributed by atoms with Crippen molar-refractivity contribution in [2.75, 3.05) is 18.6 Å². The maximum absolute atomic E-state index is 12.8. The van der Waals surface area contributed by atoms with Crippen molar-refractivity contribution in [1.82, 2.24) is 5.32 Å². The van der Waals surface area contributed by atoms with Crippen LogP contribution in [0.25, 0.3) is 0 Å². The van der Waals surface area contributed by atoms with Gasteiger partial charge in [-0.25, -0.2) is 0 Å². The molecule has 114 valence electrons. The minimum absolute atomic E-state index is 0.0448. The number of hydrogen-bond donors (Lipinski definition) is 1. The summed E-state index contributed by atoms with van der Waals surface area (Å²) in [6.07, 6.45) is 1.17. The first-order chi connectivity index (χ1) is 9.97. The highest BCUT2D eigenvalue weighted by atomic mass is 16.5. The lowest BCUT2D eigenvalue weighted by Crippen LogP contribution is -2.66. The van der Waals surface area contributed by atoms with Crippen LogP contribution in [0.1, 0.15) is 32.3 Å². The fourth-order valence-electron chi connectivity index (χ4n) is 2.80. The maximum Gasteiger partial charge on any atom is 0.253 e. The molecule has 1 aromatic carbocycles. The number of methoxy groups -OCH3 is 1. The molecule has 0 spiro atoms. The van der Waals surface area contributed by atoms with Crippen LogP contribution in [0.3, 0.4) is 0 Å². The number of carbonyl (C=O) groups is 2. The van der Waals surface area contributed by atoms with E-state index in [1.165, 1.54) is 0 Å². The molecule has 1 aliphatic rings. The summed E-state index contributed by atoms with van der Waals surface area (Å²) in [5.41, 5.74) is 0.884. The molecule has 0 atom stereocenters. The van der Waals surface area contributed by atoms with Crippen LogP contribution in [0, 0.1) is 6.92 Å². The highest BCUT2D eigenvalue weighted by Gasteiger charge is 2.44. The van der Waals surface area contributed by atoms with Gasteiger partial charge in [-0.05, 0) is 43.5 Å². The van der Waals surface area contributed by atoms with Crippen molar-refractivity contribution in [3.8, 4) is 5.75 Å². The first-order valence-electron chi connectivity index (χ1n) is 7.25. The van der Waals surface area contributed by atoms with E-state index in [-0.39, 0.29) is 18.4 Å². The number of nitrogens with one attached hydrogen (secondary N) is 1. The molecule has 1 aliphatic heterocycles. The molecule has 0 bridgehead atoms. The molecule has 5 heteroatoms. The summed E-state index contributed by atoms with van der Waals surface area (Å²) in [7, 11) is 1.61. The third-order valence-electron chi connectivity index (χ3n) is 4.23. The summed E-state index contributed by atoms with van der Waals surface area (Å²) in [5, 5.41) is 2.86. The molecule has 5 nitrogen and oxygen atoms in total. The third kappa shape index (κ3) is 2.60. The van der Waals surface area contributed by atoms with Crippen molar-refractivity contribution in [3.05, 3.63) is 23.8 Å². The average Bonchev–Trinajstić information content (AvgIpc) is 2.49. The van der Waals surface area contributed by atoms with Gasteiger partial charge in [-0.15, -0.1) is 0 Å². The average molecular weight is 290 g/mol. The highest BCUT2D eigenvalue weighted by Crippen LogP contribution is 2.29. The van der Waals surface area contributed by atoms with E-state index in [0.29, 0.717) is 12.8 Å². The fourth-order valence-corrected chi connectivity index (χ4v) is 2.80. The van der Waals surface area contributed by atoms with Crippen LogP contribution >= 0.6 is 0 Å². The first kappa shape index (κ1) is 15.4. The van der Waals surface area contributed by atoms with E-state index in [4.69, 9.17) is 4.74 Å². The number of nitrogens with zero attached hydrogens (tertiary/aromatic N) is 1. The minimum atomic E-state index is -0.789.